The van der Waals surface area contributed by atoms with E-state index in [2.05, 4.69) is 5.32 Å². The van der Waals surface area contributed by atoms with Gasteiger partial charge in [-0.1, -0.05) is 0 Å². The number of amides is 1. The number of fused-ring (bicyclic) bond motifs is 1. The van der Waals surface area contributed by atoms with Crippen molar-refractivity contribution in [2.45, 2.75) is 26.4 Å². The van der Waals surface area contributed by atoms with E-state index in [1.165, 1.54) is 0 Å². The van der Waals surface area contributed by atoms with Gasteiger partial charge < -0.3 is 14.8 Å². The van der Waals surface area contributed by atoms with Crippen molar-refractivity contribution in [1.82, 2.24) is 0 Å². The van der Waals surface area contributed by atoms with Gasteiger partial charge in [-0.3, -0.25) is 4.79 Å². The summed E-state index contributed by atoms with van der Waals surface area (Å²) in [5, 5.41) is 2.73. The molecule has 2 rings (SSSR count). The van der Waals surface area contributed by atoms with Crippen molar-refractivity contribution in [2.75, 3.05) is 11.9 Å². The normalized spacial score (nSPS) is 16.3. The number of benzene rings is 1. The predicted octanol–water partition coefficient (Wildman–Crippen LogP) is 1.97. The number of hydrogen-bond donors (Lipinski definition) is 1. The van der Waals surface area contributed by atoms with Crippen LogP contribution in [0.1, 0.15) is 31.1 Å². The topological polar surface area (TPSA) is 64.6 Å². The van der Waals surface area contributed by atoms with Gasteiger partial charge in [0.2, 0.25) is 0 Å². The molecule has 1 aliphatic rings. The van der Waals surface area contributed by atoms with Crippen molar-refractivity contribution in [3.8, 4) is 5.75 Å². The lowest BCUT2D eigenvalue weighted by Gasteiger charge is -2.31. The molecule has 1 amide bonds. The first-order valence-electron chi connectivity index (χ1n) is 5.75. The second-order valence-electron chi connectivity index (χ2n) is 4.50. The van der Waals surface area contributed by atoms with Gasteiger partial charge in [-0.15, -0.1) is 0 Å². The fourth-order valence-corrected chi connectivity index (χ4v) is 1.65. The molecule has 5 nitrogen and oxygen atoms in total. The van der Waals surface area contributed by atoms with E-state index in [1.54, 1.807) is 39.0 Å². The molecule has 0 atom stereocenters. The monoisotopic (exact) mass is 249 g/mol. The molecule has 1 heterocycles. The van der Waals surface area contributed by atoms with Crippen LogP contribution in [0.15, 0.2) is 18.2 Å². The Labute approximate surface area is 105 Å². The summed E-state index contributed by atoms with van der Waals surface area (Å²) in [6.07, 6.45) is 0. The molecule has 0 spiro atoms. The van der Waals surface area contributed by atoms with Crippen LogP contribution < -0.4 is 10.1 Å². The van der Waals surface area contributed by atoms with Crippen LogP contribution in [-0.2, 0) is 9.53 Å². The number of ether oxygens (including phenoxy) is 2. The van der Waals surface area contributed by atoms with E-state index >= 15 is 0 Å². The van der Waals surface area contributed by atoms with Gasteiger partial charge in [0, 0.05) is 0 Å². The summed E-state index contributed by atoms with van der Waals surface area (Å²) in [5.41, 5.74) is 0.0234. The SMILES string of the molecule is CCOC(=O)c1ccc2c(c1)OC(C)(C)C(=O)N2. The van der Waals surface area contributed by atoms with E-state index in [1.807, 2.05) is 0 Å². The van der Waals surface area contributed by atoms with E-state index in [0.29, 0.717) is 23.6 Å². The van der Waals surface area contributed by atoms with Crippen LogP contribution in [0.2, 0.25) is 0 Å². The minimum Gasteiger partial charge on any atom is -0.476 e. The van der Waals surface area contributed by atoms with Crippen molar-refractivity contribution in [3.05, 3.63) is 23.8 Å². The van der Waals surface area contributed by atoms with Gasteiger partial charge in [0.1, 0.15) is 5.75 Å². The van der Waals surface area contributed by atoms with Gasteiger partial charge in [-0.05, 0) is 39.0 Å². The summed E-state index contributed by atoms with van der Waals surface area (Å²) in [7, 11) is 0. The molecule has 0 saturated heterocycles. The third-order valence-corrected chi connectivity index (χ3v) is 2.65. The number of nitrogens with one attached hydrogen (secondary N) is 1. The molecular weight excluding hydrogens is 234 g/mol. The summed E-state index contributed by atoms with van der Waals surface area (Å²) < 4.78 is 10.5. The maximum atomic E-state index is 11.7. The molecule has 18 heavy (non-hydrogen) atoms. The van der Waals surface area contributed by atoms with Crippen molar-refractivity contribution < 1.29 is 19.1 Å². The summed E-state index contributed by atoms with van der Waals surface area (Å²) >= 11 is 0. The second kappa shape index (κ2) is 4.33. The number of esters is 1. The van der Waals surface area contributed by atoms with Crippen LogP contribution in [0.5, 0.6) is 5.75 Å². The van der Waals surface area contributed by atoms with Crippen LogP contribution in [0, 0.1) is 0 Å². The van der Waals surface area contributed by atoms with E-state index in [4.69, 9.17) is 9.47 Å². The highest BCUT2D eigenvalue weighted by Crippen LogP contribution is 2.34. The predicted molar refractivity (Wildman–Crippen MR) is 65.7 cm³/mol. The van der Waals surface area contributed by atoms with Gasteiger partial charge in [-0.25, -0.2) is 4.79 Å². The lowest BCUT2D eigenvalue weighted by atomic mass is 10.1. The van der Waals surface area contributed by atoms with Gasteiger partial charge >= 0.3 is 5.97 Å². The molecule has 0 fully saturated rings. The minimum absolute atomic E-state index is 0.209. The molecule has 0 aromatic heterocycles. The van der Waals surface area contributed by atoms with Crippen LogP contribution in [-0.4, -0.2) is 24.1 Å². The fourth-order valence-electron chi connectivity index (χ4n) is 1.65. The molecule has 96 valence electrons. The highest BCUT2D eigenvalue weighted by Gasteiger charge is 2.35. The van der Waals surface area contributed by atoms with Crippen LogP contribution >= 0.6 is 0 Å². The van der Waals surface area contributed by atoms with Gasteiger partial charge in [0.05, 0.1) is 17.9 Å². The molecule has 5 heteroatoms. The van der Waals surface area contributed by atoms with E-state index in [9.17, 15) is 9.59 Å². The Kier molecular flexibility index (Phi) is 2.98. The maximum absolute atomic E-state index is 11.7. The highest BCUT2D eigenvalue weighted by atomic mass is 16.5. The first-order chi connectivity index (χ1) is 8.44. The van der Waals surface area contributed by atoms with Crippen LogP contribution in [0.3, 0.4) is 0 Å². The zero-order valence-corrected chi connectivity index (χ0v) is 10.6. The minimum atomic E-state index is -0.944. The molecule has 0 unspecified atom stereocenters. The average molecular weight is 249 g/mol. The van der Waals surface area contributed by atoms with Crippen LogP contribution in [0.25, 0.3) is 0 Å². The Bertz CT molecular complexity index is 508. The molecular formula is C13H15NO4. The third kappa shape index (κ3) is 2.16. The molecule has 0 saturated carbocycles. The average Bonchev–Trinajstić information content (AvgIpc) is 2.30. The van der Waals surface area contributed by atoms with Crippen molar-refractivity contribution >= 4 is 17.6 Å². The molecule has 1 aromatic carbocycles. The Morgan fingerprint density at radius 3 is 2.83 bits per heavy atom. The standard InChI is InChI=1S/C13H15NO4/c1-4-17-11(15)8-5-6-9-10(7-8)18-13(2,3)12(16)14-9/h5-7H,4H2,1-3H3,(H,14,16). The van der Waals surface area contributed by atoms with E-state index < -0.39 is 11.6 Å². The Hall–Kier alpha value is -2.04. The zero-order valence-electron chi connectivity index (χ0n) is 10.6. The molecule has 1 aromatic rings. The molecule has 0 bridgehead atoms. The Morgan fingerprint density at radius 2 is 2.17 bits per heavy atom. The summed E-state index contributed by atoms with van der Waals surface area (Å²) in [6, 6.07) is 4.81. The lowest BCUT2D eigenvalue weighted by Crippen LogP contribution is -2.45. The number of carbonyl (C=O) groups excluding carboxylic acids is 2. The Balaban J connectivity index is 2.33. The van der Waals surface area contributed by atoms with E-state index in [-0.39, 0.29) is 5.91 Å². The van der Waals surface area contributed by atoms with Crippen LogP contribution in [0.4, 0.5) is 5.69 Å². The number of hydrogen-bond acceptors (Lipinski definition) is 4. The number of carbonyl (C=O) groups is 2. The first kappa shape index (κ1) is 12.4. The molecule has 0 aliphatic carbocycles. The number of anilines is 1. The third-order valence-electron chi connectivity index (χ3n) is 2.65. The van der Waals surface area contributed by atoms with Crippen molar-refractivity contribution in [1.29, 1.82) is 0 Å². The number of rotatable bonds is 2. The molecule has 1 aliphatic heterocycles. The maximum Gasteiger partial charge on any atom is 0.338 e. The quantitative estimate of drug-likeness (QED) is 0.814. The highest BCUT2D eigenvalue weighted by molar-refractivity contribution is 6.01. The molecule has 0 radical (unpaired) electrons. The molecule has 1 N–H and O–H groups in total. The lowest BCUT2D eigenvalue weighted by molar-refractivity contribution is -0.129. The first-order valence-corrected chi connectivity index (χ1v) is 5.75. The van der Waals surface area contributed by atoms with Crippen molar-refractivity contribution in [2.24, 2.45) is 0 Å². The summed E-state index contributed by atoms with van der Waals surface area (Å²) in [4.78, 5) is 23.3. The van der Waals surface area contributed by atoms with E-state index in [0.717, 1.165) is 0 Å². The second-order valence-corrected chi connectivity index (χ2v) is 4.50. The largest absolute Gasteiger partial charge is 0.476 e. The fraction of sp³-hybridized carbons (Fsp3) is 0.385. The van der Waals surface area contributed by atoms with Gasteiger partial charge in [0.15, 0.2) is 5.60 Å². The summed E-state index contributed by atoms with van der Waals surface area (Å²) in [5.74, 6) is -0.136. The zero-order chi connectivity index (χ0) is 13.3. The Morgan fingerprint density at radius 1 is 1.44 bits per heavy atom. The van der Waals surface area contributed by atoms with Crippen molar-refractivity contribution in [3.63, 3.8) is 0 Å². The smallest absolute Gasteiger partial charge is 0.338 e. The van der Waals surface area contributed by atoms with Gasteiger partial charge in [-0.2, -0.15) is 0 Å². The van der Waals surface area contributed by atoms with Gasteiger partial charge in [0.25, 0.3) is 5.91 Å². The summed E-state index contributed by atoms with van der Waals surface area (Å²) in [6.45, 7) is 5.40.